The third-order valence-corrected chi connectivity index (χ3v) is 3.92. The molecule has 4 nitrogen and oxygen atoms in total. The lowest BCUT2D eigenvalue weighted by molar-refractivity contribution is 0.0512. The number of rotatable bonds is 8. The van der Waals surface area contributed by atoms with Gasteiger partial charge in [-0.2, -0.15) is 0 Å². The number of hydrogen-bond acceptors (Lipinski definition) is 4. The number of nitrogens with zero attached hydrogens (tertiary/aromatic N) is 2. The molecule has 0 radical (unpaired) electrons. The van der Waals surface area contributed by atoms with Gasteiger partial charge in [-0.3, -0.25) is 4.90 Å². The lowest BCUT2D eigenvalue weighted by Crippen LogP contribution is -2.53. The number of nitrogens with one attached hydrogen (secondary N) is 1. The maximum atomic E-state index is 5.38. The van der Waals surface area contributed by atoms with E-state index in [9.17, 15) is 0 Å². The van der Waals surface area contributed by atoms with Crippen LogP contribution in [-0.4, -0.2) is 75.9 Å². The first-order valence-corrected chi connectivity index (χ1v) is 7.29. The van der Waals surface area contributed by atoms with Crippen molar-refractivity contribution in [3.8, 4) is 0 Å². The number of hydrogen-bond donors (Lipinski definition) is 1. The van der Waals surface area contributed by atoms with E-state index in [0.717, 1.165) is 19.7 Å². The molecule has 1 aliphatic heterocycles. The van der Waals surface area contributed by atoms with Gasteiger partial charge in [-0.1, -0.05) is 6.92 Å². The van der Waals surface area contributed by atoms with Crippen molar-refractivity contribution in [3.63, 3.8) is 0 Å². The largest absolute Gasteiger partial charge is 0.383 e. The van der Waals surface area contributed by atoms with Gasteiger partial charge in [0.05, 0.1) is 6.61 Å². The van der Waals surface area contributed by atoms with Gasteiger partial charge in [-0.25, -0.2) is 0 Å². The molecule has 0 aromatic heterocycles. The van der Waals surface area contributed by atoms with Gasteiger partial charge >= 0.3 is 0 Å². The topological polar surface area (TPSA) is 27.7 Å². The molecular weight excluding hydrogens is 226 g/mol. The normalized spacial score (nSPS) is 23.5. The fourth-order valence-corrected chi connectivity index (χ4v) is 2.73. The highest BCUT2D eigenvalue weighted by Gasteiger charge is 2.26. The molecular formula is C14H31N3O. The fourth-order valence-electron chi connectivity index (χ4n) is 2.73. The predicted molar refractivity (Wildman–Crippen MR) is 77.1 cm³/mol. The predicted octanol–water partition coefficient (Wildman–Crippen LogP) is 1.03. The van der Waals surface area contributed by atoms with E-state index in [1.54, 1.807) is 7.11 Å². The summed E-state index contributed by atoms with van der Waals surface area (Å²) in [7, 11) is 6.27. The van der Waals surface area contributed by atoms with E-state index in [1.807, 2.05) is 0 Å². The molecule has 2 atom stereocenters. The van der Waals surface area contributed by atoms with Crippen molar-refractivity contribution >= 4 is 0 Å². The van der Waals surface area contributed by atoms with Crippen LogP contribution in [0.5, 0.6) is 0 Å². The van der Waals surface area contributed by atoms with Crippen LogP contribution >= 0.6 is 0 Å². The minimum atomic E-state index is 0.484. The summed E-state index contributed by atoms with van der Waals surface area (Å²) in [5, 5.41) is 3.52. The van der Waals surface area contributed by atoms with Crippen LogP contribution in [0.25, 0.3) is 0 Å². The number of likely N-dealkylation sites (N-methyl/N-ethyl adjacent to an activating group) is 2. The maximum Gasteiger partial charge on any atom is 0.0630 e. The van der Waals surface area contributed by atoms with E-state index >= 15 is 0 Å². The first-order chi connectivity index (χ1) is 8.69. The van der Waals surface area contributed by atoms with E-state index in [2.05, 4.69) is 36.1 Å². The summed E-state index contributed by atoms with van der Waals surface area (Å²) in [4.78, 5) is 4.95. The van der Waals surface area contributed by atoms with Gasteiger partial charge in [0.1, 0.15) is 0 Å². The van der Waals surface area contributed by atoms with Gasteiger partial charge in [0.25, 0.3) is 0 Å². The summed E-state index contributed by atoms with van der Waals surface area (Å²) in [6.07, 6.45) is 3.82. The van der Waals surface area contributed by atoms with Gasteiger partial charge in [-0.15, -0.1) is 0 Å². The average Bonchev–Trinajstić information content (AvgIpc) is 2.37. The van der Waals surface area contributed by atoms with Crippen LogP contribution < -0.4 is 5.32 Å². The molecule has 18 heavy (non-hydrogen) atoms. The van der Waals surface area contributed by atoms with E-state index in [0.29, 0.717) is 12.1 Å². The zero-order chi connectivity index (χ0) is 13.4. The first kappa shape index (κ1) is 15.9. The van der Waals surface area contributed by atoms with Gasteiger partial charge < -0.3 is 15.0 Å². The van der Waals surface area contributed by atoms with Crippen molar-refractivity contribution in [2.75, 3.05) is 54.0 Å². The Labute approximate surface area is 113 Å². The van der Waals surface area contributed by atoms with E-state index in [4.69, 9.17) is 4.74 Å². The molecule has 1 N–H and O–H groups in total. The summed E-state index contributed by atoms with van der Waals surface area (Å²) in [5.74, 6) is 0. The van der Waals surface area contributed by atoms with E-state index in [-0.39, 0.29) is 0 Å². The van der Waals surface area contributed by atoms with Crippen molar-refractivity contribution in [2.24, 2.45) is 0 Å². The molecule has 1 rings (SSSR count). The summed E-state index contributed by atoms with van der Waals surface area (Å²) in [5.41, 5.74) is 0. The molecule has 4 heteroatoms. The molecule has 108 valence electrons. The van der Waals surface area contributed by atoms with Crippen molar-refractivity contribution < 1.29 is 4.74 Å². The molecule has 1 heterocycles. The Morgan fingerprint density at radius 3 is 2.89 bits per heavy atom. The monoisotopic (exact) mass is 257 g/mol. The summed E-state index contributed by atoms with van der Waals surface area (Å²) in [6.45, 7) is 7.57. The Morgan fingerprint density at radius 1 is 1.50 bits per heavy atom. The van der Waals surface area contributed by atoms with Gasteiger partial charge in [0, 0.05) is 32.3 Å². The highest BCUT2D eigenvalue weighted by Crippen LogP contribution is 2.15. The van der Waals surface area contributed by atoms with Crippen LogP contribution in [-0.2, 0) is 4.74 Å². The summed E-state index contributed by atoms with van der Waals surface area (Å²) in [6, 6.07) is 1.16. The van der Waals surface area contributed by atoms with E-state index < -0.39 is 0 Å². The van der Waals surface area contributed by atoms with Gasteiger partial charge in [0.2, 0.25) is 0 Å². The Morgan fingerprint density at radius 2 is 2.28 bits per heavy atom. The average molecular weight is 257 g/mol. The standard InChI is InChI=1S/C14H31N3O/c1-5-8-15-10-14(12-18-4)17(3)13-7-6-9-16(2)11-13/h13-15H,5-12H2,1-4H3. The molecule has 1 aliphatic rings. The second kappa shape index (κ2) is 8.86. The molecule has 0 aliphatic carbocycles. The minimum absolute atomic E-state index is 0.484. The Bertz CT molecular complexity index is 213. The van der Waals surface area contributed by atoms with Crippen LogP contribution in [0.15, 0.2) is 0 Å². The molecule has 1 saturated heterocycles. The third kappa shape index (κ3) is 5.22. The van der Waals surface area contributed by atoms with E-state index in [1.165, 1.54) is 32.4 Å². The molecule has 0 aromatic carbocycles. The van der Waals surface area contributed by atoms with Crippen molar-refractivity contribution in [1.29, 1.82) is 0 Å². The smallest absolute Gasteiger partial charge is 0.0630 e. The van der Waals surface area contributed by atoms with Gasteiger partial charge in [0.15, 0.2) is 0 Å². The molecule has 1 fully saturated rings. The lowest BCUT2D eigenvalue weighted by Gasteiger charge is -2.40. The molecule has 0 saturated carbocycles. The van der Waals surface area contributed by atoms with Crippen LogP contribution in [0.4, 0.5) is 0 Å². The highest BCUT2D eigenvalue weighted by molar-refractivity contribution is 4.83. The summed E-state index contributed by atoms with van der Waals surface area (Å²) < 4.78 is 5.38. The number of piperidine rings is 1. The van der Waals surface area contributed by atoms with Crippen LogP contribution in [0.2, 0.25) is 0 Å². The molecule has 0 bridgehead atoms. The zero-order valence-corrected chi connectivity index (χ0v) is 12.6. The van der Waals surface area contributed by atoms with Crippen molar-refractivity contribution in [3.05, 3.63) is 0 Å². The fraction of sp³-hybridized carbons (Fsp3) is 1.00. The second-order valence-electron chi connectivity index (χ2n) is 5.54. The molecule has 0 spiro atoms. The van der Waals surface area contributed by atoms with Crippen LogP contribution in [0.3, 0.4) is 0 Å². The number of likely N-dealkylation sites (tertiary alicyclic amines) is 1. The third-order valence-electron chi connectivity index (χ3n) is 3.92. The SMILES string of the molecule is CCCNCC(COC)N(C)C1CCCN(C)C1. The Kier molecular flexibility index (Phi) is 7.82. The first-order valence-electron chi connectivity index (χ1n) is 7.29. The van der Waals surface area contributed by atoms with Crippen LogP contribution in [0.1, 0.15) is 26.2 Å². The van der Waals surface area contributed by atoms with Crippen LogP contribution in [0, 0.1) is 0 Å². The summed E-state index contributed by atoms with van der Waals surface area (Å²) >= 11 is 0. The molecule has 0 aromatic rings. The quantitative estimate of drug-likeness (QED) is 0.657. The number of ether oxygens (including phenoxy) is 1. The second-order valence-corrected chi connectivity index (χ2v) is 5.54. The maximum absolute atomic E-state index is 5.38. The minimum Gasteiger partial charge on any atom is -0.383 e. The Balaban J connectivity index is 2.43. The zero-order valence-electron chi connectivity index (χ0n) is 12.6. The van der Waals surface area contributed by atoms with Crippen molar-refractivity contribution in [1.82, 2.24) is 15.1 Å². The number of methoxy groups -OCH3 is 1. The molecule has 0 amide bonds. The Hall–Kier alpha value is -0.160. The lowest BCUT2D eigenvalue weighted by atomic mass is 10.0. The van der Waals surface area contributed by atoms with Crippen molar-refractivity contribution in [2.45, 2.75) is 38.3 Å². The highest BCUT2D eigenvalue weighted by atomic mass is 16.5. The molecule has 2 unspecified atom stereocenters. The van der Waals surface area contributed by atoms with Gasteiger partial charge in [-0.05, 0) is 46.4 Å².